The van der Waals surface area contributed by atoms with Crippen LogP contribution in [-0.4, -0.2) is 17.2 Å². The van der Waals surface area contributed by atoms with E-state index in [0.717, 1.165) is 18.4 Å². The number of hydrogen-bond acceptors (Lipinski definition) is 3. The summed E-state index contributed by atoms with van der Waals surface area (Å²) in [7, 11) is 1.62. The summed E-state index contributed by atoms with van der Waals surface area (Å²) in [6.45, 7) is 6.51. The molecule has 2 atom stereocenters. The van der Waals surface area contributed by atoms with E-state index in [2.05, 4.69) is 25.8 Å². The van der Waals surface area contributed by atoms with Crippen molar-refractivity contribution in [2.45, 2.75) is 39.2 Å². The Morgan fingerprint density at radius 1 is 1.41 bits per heavy atom. The summed E-state index contributed by atoms with van der Waals surface area (Å²) < 4.78 is 5.17. The summed E-state index contributed by atoms with van der Waals surface area (Å²) in [6.07, 6.45) is 5.22. The minimum Gasteiger partial charge on any atom is -0.495 e. The van der Waals surface area contributed by atoms with E-state index in [4.69, 9.17) is 4.74 Å². The van der Waals surface area contributed by atoms with Crippen molar-refractivity contribution in [2.75, 3.05) is 7.11 Å². The van der Waals surface area contributed by atoms with Gasteiger partial charge in [-0.1, -0.05) is 20.8 Å². The lowest BCUT2D eigenvalue weighted by molar-refractivity contribution is -0.00133. The highest BCUT2D eigenvalue weighted by atomic mass is 16.5. The maximum atomic E-state index is 10.9. The quantitative estimate of drug-likeness (QED) is 0.857. The first-order valence-corrected chi connectivity index (χ1v) is 6.09. The van der Waals surface area contributed by atoms with Crippen LogP contribution in [0.15, 0.2) is 18.5 Å². The first-order valence-electron chi connectivity index (χ1n) is 6.09. The Balaban J connectivity index is 2.38. The second-order valence-electron chi connectivity index (χ2n) is 5.98. The van der Waals surface area contributed by atoms with Crippen LogP contribution in [0, 0.1) is 11.3 Å². The Bertz CT molecular complexity index is 416. The highest BCUT2D eigenvalue weighted by Crippen LogP contribution is 2.52. The van der Waals surface area contributed by atoms with E-state index >= 15 is 0 Å². The first kappa shape index (κ1) is 12.4. The van der Waals surface area contributed by atoms with E-state index in [-0.39, 0.29) is 11.3 Å². The molecule has 0 aliphatic heterocycles. The second-order valence-corrected chi connectivity index (χ2v) is 5.98. The third-order valence-corrected chi connectivity index (χ3v) is 3.87. The predicted octanol–water partition coefficient (Wildman–Crippen LogP) is 2.73. The lowest BCUT2D eigenvalue weighted by Crippen LogP contribution is -2.29. The van der Waals surface area contributed by atoms with Crippen molar-refractivity contribution in [3.63, 3.8) is 0 Å². The minimum absolute atomic E-state index is 0.178. The van der Waals surface area contributed by atoms with Gasteiger partial charge in [0.1, 0.15) is 5.75 Å². The molecule has 3 nitrogen and oxygen atoms in total. The van der Waals surface area contributed by atoms with Crippen LogP contribution in [0.4, 0.5) is 0 Å². The van der Waals surface area contributed by atoms with E-state index in [1.54, 1.807) is 19.5 Å². The van der Waals surface area contributed by atoms with Crippen molar-refractivity contribution in [1.29, 1.82) is 0 Å². The molecule has 2 rings (SSSR count). The van der Waals surface area contributed by atoms with Crippen molar-refractivity contribution in [2.24, 2.45) is 11.3 Å². The molecule has 1 saturated carbocycles. The third kappa shape index (κ3) is 2.16. The maximum absolute atomic E-state index is 10.9. The Hall–Kier alpha value is -1.09. The molecule has 0 radical (unpaired) electrons. The summed E-state index contributed by atoms with van der Waals surface area (Å²) >= 11 is 0. The molecule has 3 heteroatoms. The minimum atomic E-state index is -0.773. The summed E-state index contributed by atoms with van der Waals surface area (Å²) in [5.41, 5.74) is 0.275. The molecule has 1 aromatic rings. The monoisotopic (exact) mass is 235 g/mol. The zero-order chi connectivity index (χ0) is 12.7. The fourth-order valence-electron chi connectivity index (χ4n) is 3.13. The van der Waals surface area contributed by atoms with E-state index in [9.17, 15) is 5.11 Å². The van der Waals surface area contributed by atoms with Crippen LogP contribution < -0.4 is 4.74 Å². The zero-order valence-corrected chi connectivity index (χ0v) is 11.0. The van der Waals surface area contributed by atoms with Crippen molar-refractivity contribution in [1.82, 2.24) is 4.98 Å². The van der Waals surface area contributed by atoms with Gasteiger partial charge in [0.2, 0.25) is 0 Å². The molecule has 0 saturated heterocycles. The van der Waals surface area contributed by atoms with Crippen LogP contribution in [0.5, 0.6) is 5.75 Å². The van der Waals surface area contributed by atoms with Gasteiger partial charge in [-0.3, -0.25) is 4.98 Å². The molecule has 1 N–H and O–H groups in total. The summed E-state index contributed by atoms with van der Waals surface area (Å²) in [5, 5.41) is 10.9. The van der Waals surface area contributed by atoms with Crippen LogP contribution in [0.25, 0.3) is 0 Å². The Morgan fingerprint density at radius 3 is 2.65 bits per heavy atom. The fourth-order valence-corrected chi connectivity index (χ4v) is 3.13. The Kier molecular flexibility index (Phi) is 2.90. The average molecular weight is 235 g/mol. The topological polar surface area (TPSA) is 42.4 Å². The molecule has 0 amide bonds. The molecule has 1 aliphatic rings. The number of nitrogens with zero attached hydrogens (tertiary/aromatic N) is 1. The van der Waals surface area contributed by atoms with Gasteiger partial charge in [-0.25, -0.2) is 0 Å². The first-order chi connectivity index (χ1) is 7.87. The Morgan fingerprint density at radius 2 is 2.12 bits per heavy atom. The SMILES string of the molecule is COc1cncc(C2(O)CC(C)(C)CC2C)c1. The number of ether oxygens (including phenoxy) is 1. The van der Waals surface area contributed by atoms with Crippen molar-refractivity contribution < 1.29 is 9.84 Å². The van der Waals surface area contributed by atoms with Crippen molar-refractivity contribution in [3.05, 3.63) is 24.0 Å². The summed E-state index contributed by atoms with van der Waals surface area (Å²) in [5.74, 6) is 0.944. The van der Waals surface area contributed by atoms with E-state index in [1.165, 1.54) is 0 Å². The predicted molar refractivity (Wildman–Crippen MR) is 66.9 cm³/mol. The van der Waals surface area contributed by atoms with Gasteiger partial charge < -0.3 is 9.84 Å². The standard InChI is InChI=1S/C14H21NO2/c1-10-6-13(2,3)9-14(10,16)11-5-12(17-4)8-15-7-11/h5,7-8,10,16H,6,9H2,1-4H3. The van der Waals surface area contributed by atoms with Crippen molar-refractivity contribution in [3.8, 4) is 5.75 Å². The average Bonchev–Trinajstić information content (AvgIpc) is 2.49. The van der Waals surface area contributed by atoms with Crippen LogP contribution >= 0.6 is 0 Å². The Labute approximate surface area is 103 Å². The molecular formula is C14H21NO2. The van der Waals surface area contributed by atoms with Gasteiger partial charge in [0.05, 0.1) is 18.9 Å². The number of rotatable bonds is 2. The summed E-state index contributed by atoms with van der Waals surface area (Å²) in [6, 6.07) is 1.89. The molecule has 1 aliphatic carbocycles. The van der Waals surface area contributed by atoms with Crippen LogP contribution in [0.2, 0.25) is 0 Å². The summed E-state index contributed by atoms with van der Waals surface area (Å²) in [4.78, 5) is 4.14. The van der Waals surface area contributed by atoms with E-state index in [0.29, 0.717) is 5.75 Å². The fraction of sp³-hybridized carbons (Fsp3) is 0.643. The van der Waals surface area contributed by atoms with Gasteiger partial charge >= 0.3 is 0 Å². The van der Waals surface area contributed by atoms with Gasteiger partial charge in [-0.2, -0.15) is 0 Å². The van der Waals surface area contributed by atoms with Crippen LogP contribution in [-0.2, 0) is 5.60 Å². The molecule has 94 valence electrons. The molecule has 0 aromatic carbocycles. The van der Waals surface area contributed by atoms with Crippen molar-refractivity contribution >= 4 is 0 Å². The molecule has 17 heavy (non-hydrogen) atoms. The number of methoxy groups -OCH3 is 1. The van der Waals surface area contributed by atoms with Crippen LogP contribution in [0.1, 0.15) is 39.2 Å². The molecule has 1 heterocycles. The van der Waals surface area contributed by atoms with Gasteiger partial charge in [-0.15, -0.1) is 0 Å². The number of pyridine rings is 1. The molecule has 0 bridgehead atoms. The number of aliphatic hydroxyl groups is 1. The molecule has 0 spiro atoms. The molecule has 1 aromatic heterocycles. The van der Waals surface area contributed by atoms with Gasteiger partial charge in [0.25, 0.3) is 0 Å². The van der Waals surface area contributed by atoms with E-state index < -0.39 is 5.60 Å². The lowest BCUT2D eigenvalue weighted by atomic mass is 9.84. The third-order valence-electron chi connectivity index (χ3n) is 3.87. The van der Waals surface area contributed by atoms with E-state index in [1.807, 2.05) is 6.07 Å². The van der Waals surface area contributed by atoms with Crippen LogP contribution in [0.3, 0.4) is 0 Å². The van der Waals surface area contributed by atoms with Gasteiger partial charge in [0.15, 0.2) is 0 Å². The maximum Gasteiger partial charge on any atom is 0.137 e. The number of aromatic nitrogens is 1. The molecule has 1 fully saturated rings. The largest absolute Gasteiger partial charge is 0.495 e. The van der Waals surface area contributed by atoms with Gasteiger partial charge in [0, 0.05) is 11.8 Å². The number of hydrogen-bond donors (Lipinski definition) is 1. The smallest absolute Gasteiger partial charge is 0.137 e. The lowest BCUT2D eigenvalue weighted by Gasteiger charge is -2.29. The zero-order valence-electron chi connectivity index (χ0n) is 11.0. The highest BCUT2D eigenvalue weighted by Gasteiger charge is 2.48. The second kappa shape index (κ2) is 3.98. The normalized spacial score (nSPS) is 31.5. The van der Waals surface area contributed by atoms with Gasteiger partial charge in [-0.05, 0) is 30.2 Å². The molecular weight excluding hydrogens is 214 g/mol. The molecule has 2 unspecified atom stereocenters. The highest BCUT2D eigenvalue weighted by molar-refractivity contribution is 5.30.